The maximum atomic E-state index is 13.5. The molecular weight excluding hydrogens is 780 g/mol. The number of hydrogen-bond donors (Lipinski definition) is 0. The van der Waals surface area contributed by atoms with Crippen molar-refractivity contribution < 1.29 is 43.0 Å². The molecule has 0 fully saturated rings. The molecule has 1 aliphatic heterocycles. The summed E-state index contributed by atoms with van der Waals surface area (Å²) in [6, 6.07) is 32.4. The van der Waals surface area contributed by atoms with Crippen molar-refractivity contribution in [3.8, 4) is 11.3 Å². The molecule has 0 unspecified atom stereocenters. The van der Waals surface area contributed by atoms with Gasteiger partial charge in [0.25, 0.3) is 0 Å². The van der Waals surface area contributed by atoms with Gasteiger partial charge in [-0.15, -0.1) is 18.8 Å². The number of benzene rings is 3. The summed E-state index contributed by atoms with van der Waals surface area (Å²) >= 11 is 0. The van der Waals surface area contributed by atoms with Gasteiger partial charge in [-0.25, -0.2) is 8.78 Å². The van der Waals surface area contributed by atoms with Gasteiger partial charge in [0.1, 0.15) is 17.7 Å². The topological polar surface area (TPSA) is 44.6 Å². The Balaban J connectivity index is 0.000000221. The normalized spacial score (nSPS) is 13.0. The molecule has 0 radical (unpaired) electrons. The van der Waals surface area contributed by atoms with Crippen LogP contribution in [0.25, 0.3) is 11.3 Å². The summed E-state index contributed by atoms with van der Waals surface area (Å²) in [6.45, 7) is 7.88. The Morgan fingerprint density at radius 1 is 0.783 bits per heavy atom. The van der Waals surface area contributed by atoms with Crippen LogP contribution in [0.1, 0.15) is 37.5 Å². The van der Waals surface area contributed by atoms with Crippen molar-refractivity contribution in [2.75, 3.05) is 9.91 Å². The van der Waals surface area contributed by atoms with Crippen LogP contribution >= 0.6 is 0 Å². The molecule has 0 bridgehead atoms. The predicted molar refractivity (Wildman–Crippen MR) is 164 cm³/mol. The van der Waals surface area contributed by atoms with Crippen molar-refractivity contribution in [3.63, 3.8) is 0 Å². The van der Waals surface area contributed by atoms with Gasteiger partial charge in [0.05, 0.1) is 0 Å². The number of nitrogens with zero attached hydrogens (tertiary/aromatic N) is 5. The third kappa shape index (κ3) is 8.23. The van der Waals surface area contributed by atoms with Crippen LogP contribution in [0.4, 0.5) is 33.3 Å². The van der Waals surface area contributed by atoms with Gasteiger partial charge >= 0.3 is 6.18 Å². The molecule has 0 aliphatic carbocycles. The van der Waals surface area contributed by atoms with Gasteiger partial charge in [0, 0.05) is 38.5 Å². The smallest absolute Gasteiger partial charge is 0.370 e. The third-order valence-corrected chi connectivity index (χ3v) is 6.72. The number of aromatic nitrogens is 2. The van der Waals surface area contributed by atoms with Gasteiger partial charge in [-0.1, -0.05) is 98.2 Å². The van der Waals surface area contributed by atoms with E-state index in [0.717, 1.165) is 35.0 Å². The van der Waals surface area contributed by atoms with E-state index in [9.17, 15) is 22.0 Å². The Morgan fingerprint density at radius 2 is 1.46 bits per heavy atom. The van der Waals surface area contributed by atoms with E-state index in [2.05, 4.69) is 48.0 Å². The maximum absolute atomic E-state index is 13.5. The van der Waals surface area contributed by atoms with Crippen LogP contribution in [0.15, 0.2) is 108 Å². The minimum Gasteiger partial charge on any atom is -0.456 e. The van der Waals surface area contributed by atoms with Gasteiger partial charge in [-0.05, 0) is 34.9 Å². The zero-order valence-electron chi connectivity index (χ0n) is 24.8. The first-order valence-corrected chi connectivity index (χ1v) is 13.8. The molecule has 1 aliphatic rings. The molecule has 3 aromatic carbocycles. The van der Waals surface area contributed by atoms with E-state index in [0.29, 0.717) is 17.2 Å². The summed E-state index contributed by atoms with van der Waals surface area (Å²) in [7, 11) is 0. The fraction of sp³-hybridized carbons (Fsp3) is 0.143. The van der Waals surface area contributed by atoms with E-state index < -0.39 is 23.6 Å². The molecule has 2 aromatic heterocycles. The number of rotatable bonds is 4. The first-order chi connectivity index (χ1) is 21.4. The van der Waals surface area contributed by atoms with Crippen molar-refractivity contribution in [1.29, 1.82) is 0 Å². The van der Waals surface area contributed by atoms with E-state index >= 15 is 0 Å². The zero-order chi connectivity index (χ0) is 32.2. The number of alkyl halides is 3. The van der Waals surface area contributed by atoms with Crippen LogP contribution in [0, 0.1) is 30.7 Å². The second-order valence-corrected chi connectivity index (χ2v) is 11.0. The number of hydrogen-bond acceptors (Lipinski definition) is 5. The van der Waals surface area contributed by atoms with Crippen molar-refractivity contribution in [3.05, 3.63) is 151 Å². The summed E-state index contributed by atoms with van der Waals surface area (Å²) in [6.07, 6.45) is -2.79. The average Bonchev–Trinajstić information content (AvgIpc) is 3.47. The van der Waals surface area contributed by atoms with Crippen LogP contribution < -0.4 is 9.91 Å². The number of hydrazone groups is 1. The molecule has 11 heteroatoms. The Labute approximate surface area is 278 Å². The van der Waals surface area contributed by atoms with Crippen LogP contribution in [0.3, 0.4) is 0 Å². The summed E-state index contributed by atoms with van der Waals surface area (Å²) in [5.41, 5.74) is 2.93. The van der Waals surface area contributed by atoms with E-state index in [1.165, 1.54) is 11.1 Å². The van der Waals surface area contributed by atoms with Gasteiger partial charge in [0.15, 0.2) is 0 Å². The van der Waals surface area contributed by atoms with Crippen LogP contribution in [0.5, 0.6) is 0 Å². The molecule has 46 heavy (non-hydrogen) atoms. The molecule has 0 amide bonds. The second kappa shape index (κ2) is 14.3. The molecule has 0 N–H and O–H groups in total. The molecule has 0 saturated heterocycles. The van der Waals surface area contributed by atoms with E-state index in [1.807, 2.05) is 71.6 Å². The molecule has 3 heterocycles. The number of halogens is 5. The molecule has 0 atom stereocenters. The number of para-hydroxylation sites is 1. The molecule has 0 saturated carbocycles. The Morgan fingerprint density at radius 3 is 2.04 bits per heavy atom. The minimum absolute atomic E-state index is 0. The summed E-state index contributed by atoms with van der Waals surface area (Å²) < 4.78 is 64.6. The van der Waals surface area contributed by atoms with Crippen molar-refractivity contribution in [2.45, 2.75) is 32.4 Å². The van der Waals surface area contributed by atoms with Gasteiger partial charge in [-0.3, -0.25) is 4.98 Å². The van der Waals surface area contributed by atoms with E-state index in [-0.39, 0.29) is 32.0 Å². The Bertz CT molecular complexity index is 1770. The monoisotopic (exact) mass is 807 g/mol. The molecule has 0 spiro atoms. The average molecular weight is 808 g/mol. The molecule has 240 valence electrons. The first-order valence-electron chi connectivity index (χ1n) is 13.8. The molecule has 6 rings (SSSR count). The van der Waals surface area contributed by atoms with Gasteiger partial charge in [0.2, 0.25) is 0 Å². The number of pyridine rings is 2. The third-order valence-electron chi connectivity index (χ3n) is 6.72. The fourth-order valence-corrected chi connectivity index (χ4v) is 4.34. The Kier molecular flexibility index (Phi) is 10.7. The van der Waals surface area contributed by atoms with Crippen LogP contribution in [-0.4, -0.2) is 15.8 Å². The number of anilines is 2. The largest absolute Gasteiger partial charge is 0.456 e. The SMILES string of the molecule is CC(C)(C)c1ccnc(-c2[c-]cc(F)nc2F)c1.FC(F)(F)c1c[c-]c(N2[CH-]N(c3ccccc3)C(c3ccccc3)=N2)cc1.[Pt]. The summed E-state index contributed by atoms with van der Waals surface area (Å²) in [4.78, 5) is 9.11. The quantitative estimate of drug-likeness (QED) is 0.104. The van der Waals surface area contributed by atoms with Gasteiger partial charge in [-0.2, -0.15) is 36.5 Å². The minimum atomic E-state index is -4.39. The van der Waals surface area contributed by atoms with Crippen LogP contribution in [0.2, 0.25) is 0 Å². The predicted octanol–water partition coefficient (Wildman–Crippen LogP) is 8.83. The van der Waals surface area contributed by atoms with Crippen molar-refractivity contribution >= 4 is 17.2 Å². The second-order valence-electron chi connectivity index (χ2n) is 11.0. The zero-order valence-corrected chi connectivity index (χ0v) is 27.1. The molecular formula is C35H27F5N5Pt-3. The first kappa shape index (κ1) is 34.4. The summed E-state index contributed by atoms with van der Waals surface area (Å²) in [5, 5.41) is 6.11. The Hall–Kier alpha value is -4.43. The molecule has 5 nitrogen and oxygen atoms in total. The van der Waals surface area contributed by atoms with E-state index in [1.54, 1.807) is 18.9 Å². The van der Waals surface area contributed by atoms with Crippen LogP contribution in [-0.2, 0) is 32.7 Å². The van der Waals surface area contributed by atoms with Gasteiger partial charge < -0.3 is 14.9 Å². The van der Waals surface area contributed by atoms with Crippen molar-refractivity contribution in [2.24, 2.45) is 5.10 Å². The fourth-order valence-electron chi connectivity index (χ4n) is 4.34. The number of amidine groups is 1. The van der Waals surface area contributed by atoms with E-state index in [4.69, 9.17) is 0 Å². The molecule has 5 aromatic rings. The maximum Gasteiger partial charge on any atom is 0.370 e. The standard InChI is InChI=1S/C21H14F3N3.C14H13F2N2.Pt/c22-21(23,24)17-11-13-19(14-12-17)27-15-26(18-9-5-2-6-10-18)20(25-27)16-7-3-1-4-8-16;1-14(2,3)9-6-7-17-11(8-9)10-4-5-12(15)18-13(10)16;/h1-13,15H;5-8H,1-3H3;/q-2;-1;. The van der Waals surface area contributed by atoms with Crippen molar-refractivity contribution in [1.82, 2.24) is 9.97 Å². The summed E-state index contributed by atoms with van der Waals surface area (Å²) in [5.74, 6) is -1.10.